The van der Waals surface area contributed by atoms with Gasteiger partial charge in [0.15, 0.2) is 0 Å². The largest absolute Gasteiger partial charge is 0.481 e. The summed E-state index contributed by atoms with van der Waals surface area (Å²) in [5, 5.41) is 17.5. The molecule has 0 radical (unpaired) electrons. The molecule has 6 nitrogen and oxygen atoms in total. The third-order valence-electron chi connectivity index (χ3n) is 3.09. The van der Waals surface area contributed by atoms with E-state index >= 15 is 0 Å². The summed E-state index contributed by atoms with van der Waals surface area (Å²) in [7, 11) is 0. The van der Waals surface area contributed by atoms with E-state index in [-0.39, 0.29) is 12.2 Å². The van der Waals surface area contributed by atoms with Gasteiger partial charge in [0.1, 0.15) is 0 Å². The number of hydrogen-bond acceptors (Lipinski definition) is 4. The van der Waals surface area contributed by atoms with Gasteiger partial charge in [0.05, 0.1) is 18.9 Å². The van der Waals surface area contributed by atoms with Gasteiger partial charge in [-0.15, -0.1) is 0 Å². The van der Waals surface area contributed by atoms with Crippen LogP contribution < -0.4 is 0 Å². The van der Waals surface area contributed by atoms with Crippen LogP contribution in [0.5, 0.6) is 0 Å². The lowest BCUT2D eigenvalue weighted by Crippen LogP contribution is -2.25. The topological polar surface area (TPSA) is 101 Å². The van der Waals surface area contributed by atoms with Crippen LogP contribution in [0.25, 0.3) is 0 Å². The average Bonchev–Trinajstić information content (AvgIpc) is 2.42. The van der Waals surface area contributed by atoms with Crippen LogP contribution in [-0.2, 0) is 19.1 Å². The number of carbonyl (C=O) groups excluding carboxylic acids is 1. The molecule has 0 aromatic carbocycles. The van der Waals surface area contributed by atoms with Crippen molar-refractivity contribution in [2.75, 3.05) is 6.61 Å². The molecule has 0 saturated carbocycles. The van der Waals surface area contributed by atoms with Crippen molar-refractivity contribution in [1.82, 2.24) is 0 Å². The van der Waals surface area contributed by atoms with E-state index in [4.69, 9.17) is 14.9 Å². The van der Waals surface area contributed by atoms with Crippen molar-refractivity contribution in [2.24, 2.45) is 5.92 Å². The molecule has 1 unspecified atom stereocenters. The molecule has 0 aromatic rings. The van der Waals surface area contributed by atoms with Crippen LogP contribution in [0, 0.1) is 5.92 Å². The van der Waals surface area contributed by atoms with Crippen molar-refractivity contribution in [1.29, 1.82) is 0 Å². The summed E-state index contributed by atoms with van der Waals surface area (Å²) >= 11 is 0. The van der Waals surface area contributed by atoms with Gasteiger partial charge in [-0.25, -0.2) is 4.79 Å². The second kappa shape index (κ2) is 10.9. The highest BCUT2D eigenvalue weighted by Gasteiger charge is 2.29. The zero-order valence-electron chi connectivity index (χ0n) is 12.5. The van der Waals surface area contributed by atoms with Crippen molar-refractivity contribution >= 4 is 17.9 Å². The molecule has 2 N–H and O–H groups in total. The molecule has 1 atom stereocenters. The molecule has 6 heteroatoms. The smallest absolute Gasteiger partial charge is 0.334 e. The summed E-state index contributed by atoms with van der Waals surface area (Å²) < 4.78 is 4.93. The Balaban J connectivity index is 4.05. The summed E-state index contributed by atoms with van der Waals surface area (Å²) in [6.07, 6.45) is 5.54. The lowest BCUT2D eigenvalue weighted by atomic mass is 9.97. The summed E-state index contributed by atoms with van der Waals surface area (Å²) in [4.78, 5) is 33.1. The quantitative estimate of drug-likeness (QED) is 0.326. The van der Waals surface area contributed by atoms with Crippen molar-refractivity contribution < 1.29 is 29.3 Å². The van der Waals surface area contributed by atoms with Gasteiger partial charge in [0, 0.05) is 5.57 Å². The minimum absolute atomic E-state index is 0.198. The Morgan fingerprint density at radius 1 is 1.05 bits per heavy atom. The van der Waals surface area contributed by atoms with Crippen LogP contribution in [0.4, 0.5) is 0 Å². The highest BCUT2D eigenvalue weighted by Crippen LogP contribution is 2.16. The highest BCUT2D eigenvalue weighted by molar-refractivity contribution is 5.96. The number of carboxylic acid groups (broad SMARTS) is 2. The second-order valence-electron chi connectivity index (χ2n) is 4.92. The number of unbranched alkanes of at least 4 members (excludes halogenated alkanes) is 5. The third-order valence-corrected chi connectivity index (χ3v) is 3.09. The Morgan fingerprint density at radius 3 is 2.14 bits per heavy atom. The molecule has 0 fully saturated rings. The Hall–Kier alpha value is -1.85. The molecule has 0 aliphatic carbocycles. The fraction of sp³-hybridized carbons (Fsp3) is 0.667. The number of carbonyl (C=O) groups is 3. The Kier molecular flexibility index (Phi) is 9.92. The predicted octanol–water partition coefficient (Wildman–Crippen LogP) is 2.62. The van der Waals surface area contributed by atoms with Gasteiger partial charge in [-0.05, 0) is 6.42 Å². The molecule has 120 valence electrons. The molecule has 0 aromatic heterocycles. The number of hydrogen-bond donors (Lipinski definition) is 2. The normalized spacial score (nSPS) is 11.7. The lowest BCUT2D eigenvalue weighted by Gasteiger charge is -2.12. The maximum atomic E-state index is 11.6. The standard InChI is InChI=1S/C15H24O6/c1-3-4-5-6-7-8-9-21-15(20)11(2)12(14(18)19)10-13(16)17/h12H,2-10H2,1H3,(H,16,17)(H,18,19). The Morgan fingerprint density at radius 2 is 1.62 bits per heavy atom. The number of ether oxygens (including phenoxy) is 1. The summed E-state index contributed by atoms with van der Waals surface area (Å²) in [5.41, 5.74) is -0.323. The van der Waals surface area contributed by atoms with Gasteiger partial charge < -0.3 is 14.9 Å². The number of aliphatic carboxylic acids is 2. The monoisotopic (exact) mass is 300 g/mol. The van der Waals surface area contributed by atoms with E-state index in [0.29, 0.717) is 6.42 Å². The SMILES string of the molecule is C=C(C(=O)OCCCCCCCC)C(CC(=O)O)C(=O)O. The van der Waals surface area contributed by atoms with Gasteiger partial charge in [0.25, 0.3) is 0 Å². The molecule has 0 heterocycles. The first-order valence-corrected chi connectivity index (χ1v) is 7.20. The molecule has 0 spiro atoms. The van der Waals surface area contributed by atoms with Crippen LogP contribution >= 0.6 is 0 Å². The van der Waals surface area contributed by atoms with E-state index < -0.39 is 30.2 Å². The minimum Gasteiger partial charge on any atom is -0.481 e. The Bertz CT molecular complexity index is 374. The summed E-state index contributed by atoms with van der Waals surface area (Å²) in [5.74, 6) is -4.97. The maximum absolute atomic E-state index is 11.6. The van der Waals surface area contributed by atoms with Crippen LogP contribution in [0.1, 0.15) is 51.9 Å². The van der Waals surface area contributed by atoms with Gasteiger partial charge in [-0.3, -0.25) is 9.59 Å². The van der Waals surface area contributed by atoms with Crippen LogP contribution in [0.15, 0.2) is 12.2 Å². The average molecular weight is 300 g/mol. The molecule has 0 aliphatic rings. The van der Waals surface area contributed by atoms with Gasteiger partial charge >= 0.3 is 17.9 Å². The van der Waals surface area contributed by atoms with E-state index in [9.17, 15) is 14.4 Å². The molecule has 0 bridgehead atoms. The zero-order valence-corrected chi connectivity index (χ0v) is 12.5. The van der Waals surface area contributed by atoms with Gasteiger partial charge in [0.2, 0.25) is 0 Å². The summed E-state index contributed by atoms with van der Waals surface area (Å²) in [6, 6.07) is 0. The first kappa shape index (κ1) is 19.1. The molecule has 0 rings (SSSR count). The first-order chi connectivity index (χ1) is 9.90. The second-order valence-corrected chi connectivity index (χ2v) is 4.92. The first-order valence-electron chi connectivity index (χ1n) is 7.20. The maximum Gasteiger partial charge on any atom is 0.334 e. The highest BCUT2D eigenvalue weighted by atomic mass is 16.5. The van der Waals surface area contributed by atoms with Crippen LogP contribution in [0.2, 0.25) is 0 Å². The zero-order chi connectivity index (χ0) is 16.3. The molecule has 0 saturated heterocycles. The van der Waals surface area contributed by atoms with Crippen molar-refractivity contribution in [2.45, 2.75) is 51.9 Å². The molecular weight excluding hydrogens is 276 g/mol. The van der Waals surface area contributed by atoms with Crippen molar-refractivity contribution in [3.63, 3.8) is 0 Å². The van der Waals surface area contributed by atoms with E-state index in [0.717, 1.165) is 25.7 Å². The van der Waals surface area contributed by atoms with Gasteiger partial charge in [-0.1, -0.05) is 45.6 Å². The van der Waals surface area contributed by atoms with Crippen molar-refractivity contribution in [3.05, 3.63) is 12.2 Å². The van der Waals surface area contributed by atoms with Gasteiger partial charge in [-0.2, -0.15) is 0 Å². The minimum atomic E-state index is -1.44. The Labute approximate surface area is 124 Å². The van der Waals surface area contributed by atoms with E-state index in [1.165, 1.54) is 6.42 Å². The fourth-order valence-electron chi connectivity index (χ4n) is 1.82. The molecule has 0 amide bonds. The number of rotatable bonds is 12. The van der Waals surface area contributed by atoms with Crippen LogP contribution in [0.3, 0.4) is 0 Å². The summed E-state index contributed by atoms with van der Waals surface area (Å²) in [6.45, 7) is 5.68. The van der Waals surface area contributed by atoms with E-state index in [1.54, 1.807) is 0 Å². The molecule has 0 aliphatic heterocycles. The fourth-order valence-corrected chi connectivity index (χ4v) is 1.82. The third kappa shape index (κ3) is 8.83. The lowest BCUT2D eigenvalue weighted by molar-refractivity contribution is -0.149. The van der Waals surface area contributed by atoms with Crippen molar-refractivity contribution in [3.8, 4) is 0 Å². The molecular formula is C15H24O6. The molecule has 21 heavy (non-hydrogen) atoms. The van der Waals surface area contributed by atoms with E-state index in [1.807, 2.05) is 0 Å². The van der Waals surface area contributed by atoms with E-state index in [2.05, 4.69) is 13.5 Å². The number of esters is 1. The van der Waals surface area contributed by atoms with Crippen LogP contribution in [-0.4, -0.2) is 34.7 Å². The predicted molar refractivity (Wildman–Crippen MR) is 76.9 cm³/mol. The number of carboxylic acids is 2.